The van der Waals surface area contributed by atoms with Gasteiger partial charge in [0.15, 0.2) is 0 Å². The van der Waals surface area contributed by atoms with E-state index in [2.05, 4.69) is 10.3 Å². The molecule has 0 fully saturated rings. The third-order valence-electron chi connectivity index (χ3n) is 4.32. The zero-order chi connectivity index (χ0) is 17.6. The Bertz CT molecular complexity index is 1060. The van der Waals surface area contributed by atoms with Crippen LogP contribution in [0.2, 0.25) is 5.02 Å². The van der Waals surface area contributed by atoms with Gasteiger partial charge in [0, 0.05) is 36.4 Å². The number of nitrogens with one attached hydrogen (secondary N) is 1. The average molecular weight is 378 g/mol. The standard InChI is InChI=1S/C17H16ClN3O3S/c1-11-17(18)16-13-10-20-7-8-24-15(13)5-4-14(16)21(11)25(22,23)12-3-2-6-19-9-12/h2-6,9,20H,7-8,10H2,1H3. The van der Waals surface area contributed by atoms with Crippen molar-refractivity contribution in [2.24, 2.45) is 0 Å². The van der Waals surface area contributed by atoms with Crippen molar-refractivity contribution in [1.82, 2.24) is 14.3 Å². The van der Waals surface area contributed by atoms with Crippen molar-refractivity contribution in [2.45, 2.75) is 18.4 Å². The zero-order valence-electron chi connectivity index (χ0n) is 13.5. The molecule has 1 N–H and O–H groups in total. The van der Waals surface area contributed by atoms with E-state index in [0.717, 1.165) is 17.9 Å². The molecule has 0 amide bonds. The van der Waals surface area contributed by atoms with E-state index in [9.17, 15) is 8.42 Å². The Balaban J connectivity index is 2.04. The van der Waals surface area contributed by atoms with E-state index in [1.54, 1.807) is 25.1 Å². The van der Waals surface area contributed by atoms with Crippen molar-refractivity contribution in [3.05, 3.63) is 52.9 Å². The number of benzene rings is 1. The molecule has 0 aliphatic carbocycles. The normalized spacial score (nSPS) is 14.8. The van der Waals surface area contributed by atoms with Gasteiger partial charge >= 0.3 is 0 Å². The quantitative estimate of drug-likeness (QED) is 0.743. The Morgan fingerprint density at radius 3 is 2.92 bits per heavy atom. The third-order valence-corrected chi connectivity index (χ3v) is 6.57. The second kappa shape index (κ2) is 6.01. The van der Waals surface area contributed by atoms with Gasteiger partial charge in [0.1, 0.15) is 17.3 Å². The van der Waals surface area contributed by atoms with Crippen molar-refractivity contribution in [1.29, 1.82) is 0 Å². The average Bonchev–Trinajstić information content (AvgIpc) is 2.78. The molecule has 3 heterocycles. The molecule has 0 radical (unpaired) electrons. The van der Waals surface area contributed by atoms with E-state index in [-0.39, 0.29) is 4.90 Å². The summed E-state index contributed by atoms with van der Waals surface area (Å²) < 4.78 is 33.3. The Hall–Kier alpha value is -2.09. The maximum atomic E-state index is 13.1. The molecular weight excluding hydrogens is 362 g/mol. The molecule has 2 aromatic heterocycles. The van der Waals surface area contributed by atoms with Gasteiger partial charge in [0.2, 0.25) is 0 Å². The molecule has 3 aromatic rings. The van der Waals surface area contributed by atoms with Gasteiger partial charge in [-0.25, -0.2) is 12.4 Å². The van der Waals surface area contributed by atoms with Crippen molar-refractivity contribution in [2.75, 3.05) is 13.2 Å². The predicted octanol–water partition coefficient (Wildman–Crippen LogP) is 2.72. The summed E-state index contributed by atoms with van der Waals surface area (Å²) in [5.41, 5.74) is 1.89. The van der Waals surface area contributed by atoms with Gasteiger partial charge in [-0.1, -0.05) is 11.6 Å². The number of ether oxygens (including phenoxy) is 1. The summed E-state index contributed by atoms with van der Waals surface area (Å²) in [5, 5.41) is 4.40. The van der Waals surface area contributed by atoms with Crippen molar-refractivity contribution in [3.63, 3.8) is 0 Å². The van der Waals surface area contributed by atoms with Crippen LogP contribution in [0, 0.1) is 6.92 Å². The van der Waals surface area contributed by atoms with Crippen LogP contribution in [0.15, 0.2) is 41.6 Å². The number of halogens is 1. The highest BCUT2D eigenvalue weighted by molar-refractivity contribution is 7.90. The van der Waals surface area contributed by atoms with Crippen LogP contribution in [0.25, 0.3) is 10.9 Å². The number of rotatable bonds is 2. The fourth-order valence-electron chi connectivity index (χ4n) is 3.15. The van der Waals surface area contributed by atoms with Gasteiger partial charge in [-0.3, -0.25) is 4.98 Å². The van der Waals surface area contributed by atoms with Gasteiger partial charge in [-0.2, -0.15) is 0 Å². The number of fused-ring (bicyclic) bond motifs is 3. The van der Waals surface area contributed by atoms with E-state index in [1.165, 1.54) is 22.4 Å². The van der Waals surface area contributed by atoms with Crippen molar-refractivity contribution >= 4 is 32.5 Å². The first-order valence-electron chi connectivity index (χ1n) is 7.83. The first kappa shape index (κ1) is 16.4. The van der Waals surface area contributed by atoms with E-state index in [1.807, 2.05) is 0 Å². The lowest BCUT2D eigenvalue weighted by Crippen LogP contribution is -2.16. The summed E-state index contributed by atoms with van der Waals surface area (Å²) in [6.45, 7) is 3.56. The van der Waals surface area contributed by atoms with Crippen molar-refractivity contribution < 1.29 is 13.2 Å². The summed E-state index contributed by atoms with van der Waals surface area (Å²) in [4.78, 5) is 4.04. The van der Waals surface area contributed by atoms with Crippen LogP contribution in [-0.4, -0.2) is 30.5 Å². The summed E-state index contributed by atoms with van der Waals surface area (Å²) >= 11 is 6.55. The van der Waals surface area contributed by atoms with Crippen LogP contribution in [0.5, 0.6) is 5.75 Å². The minimum atomic E-state index is -3.80. The van der Waals surface area contributed by atoms with Crippen LogP contribution in [0.4, 0.5) is 0 Å². The molecule has 0 unspecified atom stereocenters. The molecule has 130 valence electrons. The highest BCUT2D eigenvalue weighted by Gasteiger charge is 2.27. The summed E-state index contributed by atoms with van der Waals surface area (Å²) in [5.74, 6) is 0.732. The van der Waals surface area contributed by atoms with Crippen LogP contribution >= 0.6 is 11.6 Å². The number of hydrogen-bond acceptors (Lipinski definition) is 5. The molecule has 0 saturated carbocycles. The number of hydrogen-bond donors (Lipinski definition) is 1. The second-order valence-electron chi connectivity index (χ2n) is 5.82. The number of nitrogens with zero attached hydrogens (tertiary/aromatic N) is 2. The smallest absolute Gasteiger partial charge is 0.269 e. The number of pyridine rings is 1. The van der Waals surface area contributed by atoms with Crippen LogP contribution in [0.3, 0.4) is 0 Å². The predicted molar refractivity (Wildman–Crippen MR) is 95.7 cm³/mol. The molecule has 4 rings (SSSR count). The lowest BCUT2D eigenvalue weighted by atomic mass is 10.1. The first-order chi connectivity index (χ1) is 12.0. The molecular formula is C17H16ClN3O3S. The van der Waals surface area contributed by atoms with Crippen LogP contribution < -0.4 is 10.1 Å². The second-order valence-corrected chi connectivity index (χ2v) is 7.98. The maximum absolute atomic E-state index is 13.1. The largest absolute Gasteiger partial charge is 0.492 e. The molecule has 0 saturated heterocycles. The summed E-state index contributed by atoms with van der Waals surface area (Å²) in [7, 11) is -3.80. The molecule has 25 heavy (non-hydrogen) atoms. The summed E-state index contributed by atoms with van der Waals surface area (Å²) in [6.07, 6.45) is 2.87. The van der Waals surface area contributed by atoms with E-state index >= 15 is 0 Å². The Labute approximate surface area is 150 Å². The molecule has 1 aliphatic rings. The highest BCUT2D eigenvalue weighted by Crippen LogP contribution is 2.39. The highest BCUT2D eigenvalue weighted by atomic mass is 35.5. The zero-order valence-corrected chi connectivity index (χ0v) is 15.1. The van der Waals surface area contributed by atoms with Gasteiger partial charge in [-0.15, -0.1) is 0 Å². The third kappa shape index (κ3) is 2.50. The van der Waals surface area contributed by atoms with Gasteiger partial charge in [-0.05, 0) is 31.2 Å². The van der Waals surface area contributed by atoms with E-state index in [0.29, 0.717) is 34.8 Å². The van der Waals surface area contributed by atoms with E-state index in [4.69, 9.17) is 16.3 Å². The molecule has 8 heteroatoms. The number of aromatic nitrogens is 2. The summed E-state index contributed by atoms with van der Waals surface area (Å²) in [6, 6.07) is 6.66. The van der Waals surface area contributed by atoms with Gasteiger partial charge in [0.25, 0.3) is 10.0 Å². The minimum absolute atomic E-state index is 0.121. The molecule has 6 nitrogen and oxygen atoms in total. The van der Waals surface area contributed by atoms with Crippen LogP contribution in [-0.2, 0) is 16.6 Å². The molecule has 1 aromatic carbocycles. The molecule has 1 aliphatic heterocycles. The van der Waals surface area contributed by atoms with Gasteiger partial charge in [0.05, 0.1) is 16.2 Å². The lowest BCUT2D eigenvalue weighted by Gasteiger charge is -2.11. The lowest BCUT2D eigenvalue weighted by molar-refractivity contribution is 0.326. The first-order valence-corrected chi connectivity index (χ1v) is 9.65. The maximum Gasteiger partial charge on any atom is 0.269 e. The SMILES string of the molecule is Cc1c(Cl)c2c3c(ccc2n1S(=O)(=O)c1cccnc1)OCCNC3. The monoisotopic (exact) mass is 377 g/mol. The van der Waals surface area contributed by atoms with Crippen molar-refractivity contribution in [3.8, 4) is 5.75 Å². The fourth-order valence-corrected chi connectivity index (χ4v) is 5.02. The van der Waals surface area contributed by atoms with E-state index < -0.39 is 10.0 Å². The fraction of sp³-hybridized carbons (Fsp3) is 0.235. The molecule has 0 atom stereocenters. The Morgan fingerprint density at radius 1 is 1.32 bits per heavy atom. The Morgan fingerprint density at radius 2 is 2.16 bits per heavy atom. The minimum Gasteiger partial charge on any atom is -0.492 e. The molecule has 0 bridgehead atoms. The Kier molecular flexibility index (Phi) is 3.94. The van der Waals surface area contributed by atoms with Crippen LogP contribution in [0.1, 0.15) is 11.3 Å². The molecule has 0 spiro atoms. The van der Waals surface area contributed by atoms with Gasteiger partial charge < -0.3 is 10.1 Å². The topological polar surface area (TPSA) is 73.2 Å².